The number of rotatable bonds is 3. The monoisotopic (exact) mass is 335 g/mol. The number of urea groups is 1. The number of amides is 2. The first-order chi connectivity index (χ1) is 11.1. The Hall–Kier alpha value is -2.25. The third kappa shape index (κ3) is 3.94. The highest BCUT2D eigenvalue weighted by atomic mass is 35.5. The van der Waals surface area contributed by atoms with E-state index in [4.69, 9.17) is 16.3 Å². The molecule has 7 nitrogen and oxygen atoms in total. The van der Waals surface area contributed by atoms with Crippen LogP contribution in [-0.4, -0.2) is 41.9 Å². The first-order valence-electron chi connectivity index (χ1n) is 7.30. The van der Waals surface area contributed by atoms with E-state index >= 15 is 0 Å². The Labute approximate surface area is 139 Å². The molecular formula is C15H18ClN5O2. The van der Waals surface area contributed by atoms with Crippen molar-refractivity contribution in [2.45, 2.75) is 0 Å². The molecule has 1 aliphatic rings. The largest absolute Gasteiger partial charge is 0.378 e. The minimum absolute atomic E-state index is 0.361. The van der Waals surface area contributed by atoms with Crippen LogP contribution in [0.1, 0.15) is 0 Å². The lowest BCUT2D eigenvalue weighted by atomic mass is 10.2. The molecule has 0 saturated carbocycles. The second-order valence-corrected chi connectivity index (χ2v) is 5.70. The zero-order valence-electron chi connectivity index (χ0n) is 12.8. The molecular weight excluding hydrogens is 318 g/mol. The predicted octanol–water partition coefficient (Wildman–Crippen LogP) is 2.55. The molecule has 2 heterocycles. The summed E-state index contributed by atoms with van der Waals surface area (Å²) in [5.74, 6) is 0.486. The molecule has 0 aliphatic carbocycles. The maximum absolute atomic E-state index is 12.2. The average Bonchev–Trinajstić information content (AvgIpc) is 2.93. The number of benzene rings is 1. The number of nitrogens with one attached hydrogen (secondary N) is 2. The quantitative estimate of drug-likeness (QED) is 0.904. The minimum Gasteiger partial charge on any atom is -0.378 e. The summed E-state index contributed by atoms with van der Waals surface area (Å²) in [4.78, 5) is 18.4. The highest BCUT2D eigenvalue weighted by molar-refractivity contribution is 6.31. The van der Waals surface area contributed by atoms with Crippen LogP contribution in [-0.2, 0) is 11.8 Å². The number of carbonyl (C=O) groups is 1. The number of halogens is 1. The fourth-order valence-corrected chi connectivity index (χ4v) is 2.61. The van der Waals surface area contributed by atoms with Gasteiger partial charge in [-0.2, -0.15) is 0 Å². The lowest BCUT2D eigenvalue weighted by molar-refractivity contribution is 0.123. The number of morpholine rings is 1. The molecule has 0 bridgehead atoms. The normalized spacial score (nSPS) is 14.6. The van der Waals surface area contributed by atoms with Crippen molar-refractivity contribution in [2.24, 2.45) is 7.05 Å². The Bertz CT molecular complexity index is 697. The molecule has 2 amide bonds. The van der Waals surface area contributed by atoms with Crippen LogP contribution in [0.4, 0.5) is 22.0 Å². The third-order valence-electron chi connectivity index (χ3n) is 3.51. The number of hydrogen-bond acceptors (Lipinski definition) is 4. The Morgan fingerprint density at radius 2 is 2.09 bits per heavy atom. The van der Waals surface area contributed by atoms with Crippen molar-refractivity contribution in [1.29, 1.82) is 0 Å². The van der Waals surface area contributed by atoms with Gasteiger partial charge in [-0.3, -0.25) is 5.32 Å². The Balaban J connectivity index is 1.75. The molecule has 23 heavy (non-hydrogen) atoms. The number of anilines is 3. The second-order valence-electron chi connectivity index (χ2n) is 5.26. The van der Waals surface area contributed by atoms with Crippen molar-refractivity contribution in [3.63, 3.8) is 0 Å². The lowest BCUT2D eigenvalue weighted by Gasteiger charge is -2.30. The number of nitrogens with zero attached hydrogens (tertiary/aromatic N) is 3. The number of aromatic nitrogens is 2. The average molecular weight is 336 g/mol. The highest BCUT2D eigenvalue weighted by Crippen LogP contribution is 2.30. The van der Waals surface area contributed by atoms with Crippen LogP contribution in [0.15, 0.2) is 30.7 Å². The van der Waals surface area contributed by atoms with Crippen molar-refractivity contribution in [3.05, 3.63) is 35.7 Å². The Morgan fingerprint density at radius 1 is 1.30 bits per heavy atom. The maximum Gasteiger partial charge on any atom is 0.324 e. The van der Waals surface area contributed by atoms with Crippen LogP contribution >= 0.6 is 11.6 Å². The minimum atomic E-state index is -0.361. The first kappa shape index (κ1) is 15.6. The van der Waals surface area contributed by atoms with Crippen LogP contribution < -0.4 is 15.5 Å². The number of aryl methyl sites for hydroxylation is 1. The number of ether oxygens (including phenoxy) is 1. The lowest BCUT2D eigenvalue weighted by Crippen LogP contribution is -2.37. The number of hydrogen-bond donors (Lipinski definition) is 2. The molecule has 8 heteroatoms. The van der Waals surface area contributed by atoms with Gasteiger partial charge in [-0.1, -0.05) is 11.6 Å². The second kappa shape index (κ2) is 6.89. The van der Waals surface area contributed by atoms with Gasteiger partial charge in [-0.15, -0.1) is 0 Å². The van der Waals surface area contributed by atoms with Gasteiger partial charge in [-0.25, -0.2) is 9.78 Å². The maximum atomic E-state index is 12.2. The van der Waals surface area contributed by atoms with Gasteiger partial charge in [0.15, 0.2) is 5.82 Å². The van der Waals surface area contributed by atoms with E-state index in [0.717, 1.165) is 18.8 Å². The van der Waals surface area contributed by atoms with Crippen molar-refractivity contribution in [3.8, 4) is 0 Å². The molecule has 1 aliphatic heterocycles. The molecule has 3 rings (SSSR count). The Kier molecular flexibility index (Phi) is 4.68. The summed E-state index contributed by atoms with van der Waals surface area (Å²) >= 11 is 6.07. The zero-order chi connectivity index (χ0) is 16.2. The van der Waals surface area contributed by atoms with Gasteiger partial charge in [0.2, 0.25) is 0 Å². The summed E-state index contributed by atoms with van der Waals surface area (Å²) in [6.07, 6.45) is 3.34. The SMILES string of the molecule is Cn1cnc(NC(=O)Nc2cc(Cl)ccc2N2CCOCC2)c1. The van der Waals surface area contributed by atoms with Crippen molar-refractivity contribution < 1.29 is 9.53 Å². The zero-order valence-corrected chi connectivity index (χ0v) is 13.5. The molecule has 1 aromatic heterocycles. The van der Waals surface area contributed by atoms with E-state index in [1.807, 2.05) is 19.2 Å². The standard InChI is InChI=1S/C15H18ClN5O2/c1-20-9-14(17-10-20)19-15(22)18-12-8-11(16)2-3-13(12)21-4-6-23-7-5-21/h2-3,8-10H,4-7H2,1H3,(H2,18,19,22). The van der Waals surface area contributed by atoms with E-state index in [2.05, 4.69) is 20.5 Å². The van der Waals surface area contributed by atoms with Crippen molar-refractivity contribution in [1.82, 2.24) is 9.55 Å². The van der Waals surface area contributed by atoms with Gasteiger partial charge in [0.25, 0.3) is 0 Å². The fourth-order valence-electron chi connectivity index (χ4n) is 2.44. The summed E-state index contributed by atoms with van der Waals surface area (Å²) in [5.41, 5.74) is 1.58. The van der Waals surface area contributed by atoms with Gasteiger partial charge in [0.1, 0.15) is 0 Å². The van der Waals surface area contributed by atoms with E-state index in [9.17, 15) is 4.79 Å². The van der Waals surface area contributed by atoms with E-state index in [1.54, 1.807) is 23.2 Å². The first-order valence-corrected chi connectivity index (χ1v) is 7.68. The molecule has 2 aromatic rings. The van der Waals surface area contributed by atoms with Crippen LogP contribution in [0, 0.1) is 0 Å². The summed E-state index contributed by atoms with van der Waals surface area (Å²) < 4.78 is 7.13. The molecule has 122 valence electrons. The van der Waals surface area contributed by atoms with Gasteiger partial charge in [-0.05, 0) is 18.2 Å². The molecule has 1 saturated heterocycles. The smallest absolute Gasteiger partial charge is 0.324 e. The Morgan fingerprint density at radius 3 is 2.78 bits per heavy atom. The summed E-state index contributed by atoms with van der Waals surface area (Å²) in [7, 11) is 1.84. The van der Waals surface area contributed by atoms with Gasteiger partial charge in [0, 0.05) is 31.4 Å². The molecule has 1 aromatic carbocycles. The summed E-state index contributed by atoms with van der Waals surface area (Å²) in [6, 6.07) is 5.10. The molecule has 0 spiro atoms. The van der Waals surface area contributed by atoms with E-state index in [1.165, 1.54) is 0 Å². The van der Waals surface area contributed by atoms with E-state index < -0.39 is 0 Å². The molecule has 0 unspecified atom stereocenters. The number of carbonyl (C=O) groups excluding carboxylic acids is 1. The highest BCUT2D eigenvalue weighted by Gasteiger charge is 2.16. The topological polar surface area (TPSA) is 71.4 Å². The van der Waals surface area contributed by atoms with Crippen LogP contribution in [0.2, 0.25) is 5.02 Å². The van der Waals surface area contributed by atoms with E-state index in [0.29, 0.717) is 29.7 Å². The third-order valence-corrected chi connectivity index (χ3v) is 3.74. The van der Waals surface area contributed by atoms with Crippen LogP contribution in [0.25, 0.3) is 0 Å². The van der Waals surface area contributed by atoms with Crippen molar-refractivity contribution in [2.75, 3.05) is 41.8 Å². The predicted molar refractivity (Wildman–Crippen MR) is 90.3 cm³/mol. The summed E-state index contributed by atoms with van der Waals surface area (Å²) in [5, 5.41) is 6.10. The summed E-state index contributed by atoms with van der Waals surface area (Å²) in [6.45, 7) is 2.89. The molecule has 0 radical (unpaired) electrons. The molecule has 0 atom stereocenters. The molecule has 2 N–H and O–H groups in total. The van der Waals surface area contributed by atoms with Crippen LogP contribution in [0.5, 0.6) is 0 Å². The fraction of sp³-hybridized carbons (Fsp3) is 0.333. The van der Waals surface area contributed by atoms with Gasteiger partial charge >= 0.3 is 6.03 Å². The number of imidazole rings is 1. The van der Waals surface area contributed by atoms with Crippen LogP contribution in [0.3, 0.4) is 0 Å². The van der Waals surface area contributed by atoms with E-state index in [-0.39, 0.29) is 6.03 Å². The van der Waals surface area contributed by atoms with Gasteiger partial charge in [0.05, 0.1) is 30.9 Å². The van der Waals surface area contributed by atoms with Crippen molar-refractivity contribution >= 4 is 34.8 Å². The molecule has 1 fully saturated rings. The van der Waals surface area contributed by atoms with Gasteiger partial charge < -0.3 is 19.5 Å².